The molecule has 5 nitrogen and oxygen atoms in total. The number of halogens is 1. The lowest BCUT2D eigenvalue weighted by Gasteiger charge is -2.11. The molecular weight excluding hydrogens is 412 g/mol. The van der Waals surface area contributed by atoms with Crippen molar-refractivity contribution in [3.8, 4) is 11.5 Å². The lowest BCUT2D eigenvalue weighted by molar-refractivity contribution is -0.115. The van der Waals surface area contributed by atoms with E-state index in [1.54, 1.807) is 61.7 Å². The fourth-order valence-corrected chi connectivity index (χ4v) is 3.13. The van der Waals surface area contributed by atoms with Crippen molar-refractivity contribution < 1.29 is 14.6 Å². The number of para-hydroxylation sites is 1. The maximum absolute atomic E-state index is 12.4. The van der Waals surface area contributed by atoms with Gasteiger partial charge in [-0.05, 0) is 53.6 Å². The molecule has 0 saturated carbocycles. The third-order valence-electron chi connectivity index (χ3n) is 4.67. The number of nitrogens with one attached hydrogen (secondary N) is 2. The minimum absolute atomic E-state index is 0.0889. The van der Waals surface area contributed by atoms with E-state index in [0.717, 1.165) is 11.1 Å². The summed E-state index contributed by atoms with van der Waals surface area (Å²) in [7, 11) is 1.59. The van der Waals surface area contributed by atoms with Gasteiger partial charge in [0.25, 0.3) is 5.91 Å². The van der Waals surface area contributed by atoms with Crippen molar-refractivity contribution in [2.45, 2.75) is 6.42 Å². The number of carbonyl (C=O) groups is 1. The van der Waals surface area contributed by atoms with E-state index < -0.39 is 0 Å². The number of carbonyl (C=O) groups excluding carboxylic acids is 1. The van der Waals surface area contributed by atoms with Gasteiger partial charge in [-0.1, -0.05) is 48.0 Å². The van der Waals surface area contributed by atoms with Gasteiger partial charge in [-0.3, -0.25) is 4.79 Å². The molecular formula is C25H23ClN2O3. The lowest BCUT2D eigenvalue weighted by atomic mass is 10.0. The van der Waals surface area contributed by atoms with Crippen molar-refractivity contribution in [2.75, 3.05) is 13.7 Å². The Kier molecular flexibility index (Phi) is 7.46. The summed E-state index contributed by atoms with van der Waals surface area (Å²) in [5.41, 5.74) is 2.96. The normalized spacial score (nSPS) is 11.1. The van der Waals surface area contributed by atoms with Crippen LogP contribution in [0.1, 0.15) is 23.1 Å². The Morgan fingerprint density at radius 2 is 1.74 bits per heavy atom. The van der Waals surface area contributed by atoms with Crippen molar-refractivity contribution in [3.63, 3.8) is 0 Å². The van der Waals surface area contributed by atoms with Gasteiger partial charge in [0.1, 0.15) is 11.5 Å². The Morgan fingerprint density at radius 1 is 1.06 bits per heavy atom. The molecule has 0 fully saturated rings. The van der Waals surface area contributed by atoms with Crippen molar-refractivity contribution in [1.29, 1.82) is 5.41 Å². The highest BCUT2D eigenvalue weighted by Crippen LogP contribution is 2.23. The third kappa shape index (κ3) is 5.96. The third-order valence-corrected chi connectivity index (χ3v) is 4.92. The van der Waals surface area contributed by atoms with Gasteiger partial charge in [-0.15, -0.1) is 0 Å². The second kappa shape index (κ2) is 10.5. The predicted octanol–water partition coefficient (Wildman–Crippen LogP) is 5.17. The van der Waals surface area contributed by atoms with Crippen LogP contribution in [0.5, 0.6) is 11.5 Å². The number of ether oxygens (including phenoxy) is 1. The van der Waals surface area contributed by atoms with E-state index in [0.29, 0.717) is 40.6 Å². The van der Waals surface area contributed by atoms with Crippen molar-refractivity contribution >= 4 is 34.9 Å². The second-order valence-electron chi connectivity index (χ2n) is 6.81. The zero-order valence-corrected chi connectivity index (χ0v) is 17.8. The maximum Gasteiger partial charge on any atom is 0.251 e. The fraction of sp³-hybridized carbons (Fsp3) is 0.120. The zero-order valence-electron chi connectivity index (χ0n) is 17.1. The first kappa shape index (κ1) is 22.1. The summed E-state index contributed by atoms with van der Waals surface area (Å²) in [4.78, 5) is 12.4. The molecule has 3 aromatic rings. The number of hydrogen-bond donors (Lipinski definition) is 3. The molecule has 0 aliphatic heterocycles. The predicted molar refractivity (Wildman–Crippen MR) is 125 cm³/mol. The van der Waals surface area contributed by atoms with Gasteiger partial charge in [0, 0.05) is 35.3 Å². The molecule has 1 amide bonds. The highest BCUT2D eigenvalue weighted by molar-refractivity contribution is 6.30. The van der Waals surface area contributed by atoms with E-state index >= 15 is 0 Å². The molecule has 3 rings (SSSR count). The minimum Gasteiger partial charge on any atom is -0.507 e. The summed E-state index contributed by atoms with van der Waals surface area (Å²) in [5, 5.41) is 21.3. The maximum atomic E-state index is 12.4. The van der Waals surface area contributed by atoms with Crippen LogP contribution in [0.25, 0.3) is 11.6 Å². The molecule has 0 spiro atoms. The van der Waals surface area contributed by atoms with Crippen LogP contribution in [0.4, 0.5) is 0 Å². The largest absolute Gasteiger partial charge is 0.507 e. The number of hydrogen-bond acceptors (Lipinski definition) is 4. The zero-order chi connectivity index (χ0) is 22.2. The second-order valence-corrected chi connectivity index (χ2v) is 7.24. The monoisotopic (exact) mass is 434 g/mol. The molecule has 0 aliphatic rings. The van der Waals surface area contributed by atoms with Gasteiger partial charge in [0.15, 0.2) is 0 Å². The van der Waals surface area contributed by atoms with Crippen LogP contribution < -0.4 is 10.1 Å². The van der Waals surface area contributed by atoms with Crippen LogP contribution in [-0.2, 0) is 4.79 Å². The molecule has 0 unspecified atom stereocenters. The molecule has 3 aromatic carbocycles. The minimum atomic E-state index is -0.195. The van der Waals surface area contributed by atoms with Crippen LogP contribution in [0, 0.1) is 5.41 Å². The lowest BCUT2D eigenvalue weighted by Crippen LogP contribution is -2.19. The van der Waals surface area contributed by atoms with Crippen molar-refractivity contribution in [1.82, 2.24) is 5.32 Å². The Balaban J connectivity index is 1.67. The molecule has 3 N–H and O–H groups in total. The molecule has 0 radical (unpaired) electrons. The summed E-state index contributed by atoms with van der Waals surface area (Å²) >= 11 is 5.94. The van der Waals surface area contributed by atoms with E-state index in [-0.39, 0.29) is 11.7 Å². The van der Waals surface area contributed by atoms with E-state index in [1.165, 1.54) is 0 Å². The van der Waals surface area contributed by atoms with Gasteiger partial charge in [-0.25, -0.2) is 0 Å². The molecule has 6 heteroatoms. The molecule has 158 valence electrons. The van der Waals surface area contributed by atoms with Crippen LogP contribution in [0.15, 0.2) is 72.8 Å². The molecule has 0 heterocycles. The summed E-state index contributed by atoms with van der Waals surface area (Å²) in [6, 6.07) is 21.2. The van der Waals surface area contributed by atoms with Crippen LogP contribution >= 0.6 is 11.6 Å². The first-order chi connectivity index (χ1) is 15.0. The number of likely N-dealkylation sites (N-methyl/N-ethyl adjacent to an activating group) is 1. The molecule has 31 heavy (non-hydrogen) atoms. The fourth-order valence-electron chi connectivity index (χ4n) is 3.01. The first-order valence-corrected chi connectivity index (χ1v) is 10.1. The molecule has 0 aliphatic carbocycles. The molecule has 0 aromatic heterocycles. The highest BCUT2D eigenvalue weighted by Gasteiger charge is 2.11. The number of aromatic hydroxyl groups is 1. The molecule has 0 saturated heterocycles. The van der Waals surface area contributed by atoms with Crippen LogP contribution in [0.3, 0.4) is 0 Å². The average Bonchev–Trinajstić information content (AvgIpc) is 2.79. The molecule has 0 bridgehead atoms. The number of phenolic OH excluding ortho intramolecular Hbond substituents is 1. The Morgan fingerprint density at radius 3 is 2.39 bits per heavy atom. The van der Waals surface area contributed by atoms with Crippen molar-refractivity contribution in [2.24, 2.45) is 0 Å². The van der Waals surface area contributed by atoms with E-state index in [9.17, 15) is 9.90 Å². The first-order valence-electron chi connectivity index (χ1n) is 9.76. The summed E-state index contributed by atoms with van der Waals surface area (Å²) < 4.78 is 5.73. The van der Waals surface area contributed by atoms with E-state index in [2.05, 4.69) is 5.32 Å². The Labute approximate surface area is 186 Å². The van der Waals surface area contributed by atoms with Gasteiger partial charge in [0.2, 0.25) is 0 Å². The Bertz CT molecular complexity index is 1090. The quantitative estimate of drug-likeness (QED) is 0.260. The van der Waals surface area contributed by atoms with Gasteiger partial charge < -0.3 is 20.6 Å². The highest BCUT2D eigenvalue weighted by atomic mass is 35.5. The van der Waals surface area contributed by atoms with E-state index in [4.69, 9.17) is 21.7 Å². The Hall–Kier alpha value is -3.57. The van der Waals surface area contributed by atoms with Crippen LogP contribution in [-0.4, -0.2) is 30.4 Å². The van der Waals surface area contributed by atoms with Crippen molar-refractivity contribution in [3.05, 3.63) is 94.5 Å². The standard InChI is InChI=1S/C25H23ClN2O3/c1-28-25(30)22(16-17-6-10-19(26)11-7-17)18-8-12-20(13-9-18)31-15-14-23(27)21-4-2-3-5-24(21)29/h2-13,16,27,29H,14-15H2,1H3,(H,28,30). The SMILES string of the molecule is CNC(=O)C(=Cc1ccc(Cl)cc1)c1ccc(OCCC(=N)c2ccccc2O)cc1. The van der Waals surface area contributed by atoms with Gasteiger partial charge in [0.05, 0.1) is 6.61 Å². The topological polar surface area (TPSA) is 82.4 Å². The van der Waals surface area contributed by atoms with E-state index in [1.807, 2.05) is 24.3 Å². The number of benzene rings is 3. The molecule has 0 atom stereocenters. The number of amides is 1. The van der Waals surface area contributed by atoms with Crippen LogP contribution in [0.2, 0.25) is 5.02 Å². The number of phenols is 1. The smallest absolute Gasteiger partial charge is 0.251 e. The average molecular weight is 435 g/mol. The van der Waals surface area contributed by atoms with Gasteiger partial charge >= 0.3 is 0 Å². The van der Waals surface area contributed by atoms with Gasteiger partial charge in [-0.2, -0.15) is 0 Å². The summed E-state index contributed by atoms with van der Waals surface area (Å²) in [6.07, 6.45) is 2.16. The summed E-state index contributed by atoms with van der Waals surface area (Å²) in [5.74, 6) is 0.530. The summed E-state index contributed by atoms with van der Waals surface area (Å²) in [6.45, 7) is 0.301. The number of rotatable bonds is 8.